The molecule has 0 aliphatic heterocycles. The van der Waals surface area contributed by atoms with Gasteiger partial charge >= 0.3 is 5.97 Å². The number of hydrogen-bond acceptors (Lipinski definition) is 2. The molecule has 0 spiro atoms. The van der Waals surface area contributed by atoms with Gasteiger partial charge in [-0.05, 0) is 28.1 Å². The summed E-state index contributed by atoms with van der Waals surface area (Å²) in [5.41, 5.74) is 0.0873. The number of nitrogens with one attached hydrogen (secondary N) is 1. The van der Waals surface area contributed by atoms with Crippen LogP contribution >= 0.6 is 15.9 Å². The highest BCUT2D eigenvalue weighted by Crippen LogP contribution is 2.19. The van der Waals surface area contributed by atoms with E-state index in [0.717, 1.165) is 6.07 Å². The summed E-state index contributed by atoms with van der Waals surface area (Å²) in [5.74, 6) is -1.15. The van der Waals surface area contributed by atoms with E-state index in [4.69, 9.17) is 5.11 Å². The van der Waals surface area contributed by atoms with Crippen molar-refractivity contribution in [1.82, 2.24) is 4.98 Å². The van der Waals surface area contributed by atoms with Crippen molar-refractivity contribution in [2.45, 2.75) is 0 Å². The van der Waals surface area contributed by atoms with Gasteiger partial charge in [0, 0.05) is 15.9 Å². The number of hydrogen-bond donors (Lipinski definition) is 2. The van der Waals surface area contributed by atoms with E-state index < -0.39 is 5.97 Å². The molecule has 15 heavy (non-hydrogen) atoms. The number of fused-ring (bicyclic) bond motifs is 1. The maximum Gasteiger partial charge on any atom is 0.352 e. The summed E-state index contributed by atoms with van der Waals surface area (Å²) in [5, 5.41) is 9.24. The maximum atomic E-state index is 11.6. The summed E-state index contributed by atoms with van der Waals surface area (Å²) in [6.07, 6.45) is 0. The van der Waals surface area contributed by atoms with Crippen LogP contribution in [0.3, 0.4) is 0 Å². The van der Waals surface area contributed by atoms with Gasteiger partial charge in [-0.25, -0.2) is 4.79 Å². The van der Waals surface area contributed by atoms with Crippen molar-refractivity contribution < 1.29 is 9.90 Å². The molecular weight excluding hydrogens is 262 g/mol. The third-order valence-electron chi connectivity index (χ3n) is 2.04. The van der Waals surface area contributed by atoms with Crippen molar-refractivity contribution >= 4 is 32.8 Å². The predicted molar refractivity (Wildman–Crippen MR) is 59.2 cm³/mol. The van der Waals surface area contributed by atoms with Crippen molar-refractivity contribution in [3.8, 4) is 0 Å². The monoisotopic (exact) mass is 267 g/mol. The van der Waals surface area contributed by atoms with Gasteiger partial charge in [0.25, 0.3) is 0 Å². The molecule has 2 aromatic rings. The molecular formula is C10H6BrNO3. The quantitative estimate of drug-likeness (QED) is 0.830. The Hall–Kier alpha value is -1.62. The molecule has 0 atom stereocenters. The number of para-hydroxylation sites is 1. The van der Waals surface area contributed by atoms with E-state index in [1.165, 1.54) is 0 Å². The SMILES string of the molecule is O=C(O)c1cc(=O)c2cccc(Br)c2[nH]1. The summed E-state index contributed by atoms with van der Waals surface area (Å²) >= 11 is 3.25. The fourth-order valence-corrected chi connectivity index (χ4v) is 1.82. The minimum atomic E-state index is -1.15. The van der Waals surface area contributed by atoms with Crippen molar-refractivity contribution in [3.63, 3.8) is 0 Å². The van der Waals surface area contributed by atoms with Gasteiger partial charge in [-0.1, -0.05) is 6.07 Å². The molecule has 0 bridgehead atoms. The minimum Gasteiger partial charge on any atom is -0.477 e. The van der Waals surface area contributed by atoms with Crippen LogP contribution in [0.15, 0.2) is 33.5 Å². The van der Waals surface area contributed by atoms with Gasteiger partial charge in [0.15, 0.2) is 5.43 Å². The molecule has 0 fully saturated rings. The second-order valence-electron chi connectivity index (χ2n) is 3.01. The van der Waals surface area contributed by atoms with Crippen molar-refractivity contribution in [1.29, 1.82) is 0 Å². The lowest BCUT2D eigenvalue weighted by Gasteiger charge is -2.01. The maximum absolute atomic E-state index is 11.6. The minimum absolute atomic E-state index is 0.112. The van der Waals surface area contributed by atoms with Crippen LogP contribution in [0.4, 0.5) is 0 Å². The van der Waals surface area contributed by atoms with Gasteiger partial charge in [-0.15, -0.1) is 0 Å². The molecule has 0 aliphatic carbocycles. The zero-order valence-corrected chi connectivity index (χ0v) is 9.04. The van der Waals surface area contributed by atoms with Crippen LogP contribution in [0.25, 0.3) is 10.9 Å². The molecule has 0 radical (unpaired) electrons. The first-order valence-corrected chi connectivity index (χ1v) is 4.94. The number of carbonyl (C=O) groups is 1. The molecule has 2 rings (SSSR count). The normalized spacial score (nSPS) is 10.5. The van der Waals surface area contributed by atoms with Gasteiger partial charge in [-0.2, -0.15) is 0 Å². The van der Waals surface area contributed by atoms with E-state index in [9.17, 15) is 9.59 Å². The Morgan fingerprint density at radius 1 is 1.40 bits per heavy atom. The number of rotatable bonds is 1. The van der Waals surface area contributed by atoms with E-state index >= 15 is 0 Å². The number of carboxylic acid groups (broad SMARTS) is 1. The smallest absolute Gasteiger partial charge is 0.352 e. The molecule has 2 N–H and O–H groups in total. The van der Waals surface area contributed by atoms with E-state index in [2.05, 4.69) is 20.9 Å². The Morgan fingerprint density at radius 2 is 2.13 bits per heavy atom. The lowest BCUT2D eigenvalue weighted by molar-refractivity contribution is 0.0691. The van der Waals surface area contributed by atoms with Gasteiger partial charge in [0.05, 0.1) is 5.52 Å². The van der Waals surface area contributed by atoms with Gasteiger partial charge in [-0.3, -0.25) is 4.79 Å². The number of halogens is 1. The fraction of sp³-hybridized carbons (Fsp3) is 0. The lowest BCUT2D eigenvalue weighted by atomic mass is 10.2. The molecule has 1 heterocycles. The highest BCUT2D eigenvalue weighted by molar-refractivity contribution is 9.10. The number of aromatic amines is 1. The van der Waals surface area contributed by atoms with Gasteiger partial charge in [0.1, 0.15) is 5.69 Å². The zero-order valence-electron chi connectivity index (χ0n) is 7.45. The highest BCUT2D eigenvalue weighted by Gasteiger charge is 2.08. The number of benzene rings is 1. The average molecular weight is 268 g/mol. The van der Waals surface area contributed by atoms with Gasteiger partial charge < -0.3 is 10.1 Å². The number of pyridine rings is 1. The first-order chi connectivity index (χ1) is 7.09. The second kappa shape index (κ2) is 3.51. The molecule has 1 aromatic carbocycles. The number of H-pyrrole nitrogens is 1. The molecule has 76 valence electrons. The third kappa shape index (κ3) is 1.66. The summed E-state index contributed by atoms with van der Waals surface area (Å²) in [7, 11) is 0. The lowest BCUT2D eigenvalue weighted by Crippen LogP contribution is -2.09. The molecule has 4 nitrogen and oxygen atoms in total. The van der Waals surface area contributed by atoms with Crippen LogP contribution in [-0.4, -0.2) is 16.1 Å². The molecule has 0 unspecified atom stereocenters. The van der Waals surface area contributed by atoms with E-state index in [0.29, 0.717) is 15.4 Å². The average Bonchev–Trinajstić information content (AvgIpc) is 2.19. The largest absolute Gasteiger partial charge is 0.477 e. The molecule has 1 aromatic heterocycles. The van der Waals surface area contributed by atoms with Crippen LogP contribution in [-0.2, 0) is 0 Å². The number of carboxylic acids is 1. The summed E-state index contributed by atoms with van der Waals surface area (Å²) in [4.78, 5) is 25.0. The third-order valence-corrected chi connectivity index (χ3v) is 2.71. The molecule has 0 aliphatic rings. The molecule has 0 saturated heterocycles. The Bertz CT molecular complexity index is 603. The van der Waals surface area contributed by atoms with Crippen molar-refractivity contribution in [2.75, 3.05) is 0 Å². The Kier molecular flexibility index (Phi) is 2.32. The van der Waals surface area contributed by atoms with Crippen LogP contribution in [0.2, 0.25) is 0 Å². The van der Waals surface area contributed by atoms with Crippen molar-refractivity contribution in [2.24, 2.45) is 0 Å². The Labute approximate surface area is 92.7 Å². The van der Waals surface area contributed by atoms with E-state index in [1.807, 2.05) is 0 Å². The Balaban J connectivity index is 2.92. The molecule has 5 heteroatoms. The van der Waals surface area contributed by atoms with Crippen LogP contribution in [0, 0.1) is 0 Å². The van der Waals surface area contributed by atoms with Crippen LogP contribution in [0.1, 0.15) is 10.5 Å². The molecule has 0 amide bonds. The Morgan fingerprint density at radius 3 is 2.80 bits per heavy atom. The topological polar surface area (TPSA) is 70.2 Å². The van der Waals surface area contributed by atoms with Gasteiger partial charge in [0.2, 0.25) is 0 Å². The highest BCUT2D eigenvalue weighted by atomic mass is 79.9. The van der Waals surface area contributed by atoms with Crippen LogP contribution in [0.5, 0.6) is 0 Å². The number of aromatic nitrogens is 1. The standard InChI is InChI=1S/C10H6BrNO3/c11-6-3-1-2-5-8(13)4-7(10(14)15)12-9(5)6/h1-4H,(H,12,13)(H,14,15). The summed E-state index contributed by atoms with van der Waals surface area (Å²) in [6.45, 7) is 0. The second-order valence-corrected chi connectivity index (χ2v) is 3.87. The first kappa shape index (κ1) is 9.92. The van der Waals surface area contributed by atoms with Crippen LogP contribution < -0.4 is 5.43 Å². The predicted octanol–water partition coefficient (Wildman–Crippen LogP) is 1.99. The van der Waals surface area contributed by atoms with Crippen molar-refractivity contribution in [3.05, 3.63) is 44.7 Å². The number of aromatic carboxylic acids is 1. The summed E-state index contributed by atoms with van der Waals surface area (Å²) < 4.78 is 0.667. The zero-order chi connectivity index (χ0) is 11.0. The molecule has 0 saturated carbocycles. The summed E-state index contributed by atoms with van der Waals surface area (Å²) in [6, 6.07) is 6.19. The van der Waals surface area contributed by atoms with E-state index in [1.54, 1.807) is 18.2 Å². The van der Waals surface area contributed by atoms with E-state index in [-0.39, 0.29) is 11.1 Å². The first-order valence-electron chi connectivity index (χ1n) is 4.14. The fourth-order valence-electron chi connectivity index (χ4n) is 1.35.